The highest BCUT2D eigenvalue weighted by molar-refractivity contribution is 5.32. The van der Waals surface area contributed by atoms with Gasteiger partial charge in [0, 0.05) is 18.3 Å². The molecule has 2 rings (SSSR count). The van der Waals surface area contributed by atoms with Gasteiger partial charge in [-0.1, -0.05) is 0 Å². The third-order valence-corrected chi connectivity index (χ3v) is 2.64. The highest BCUT2D eigenvalue weighted by Crippen LogP contribution is 2.24. The van der Waals surface area contributed by atoms with E-state index in [1.807, 2.05) is 0 Å². The zero-order valence-corrected chi connectivity index (χ0v) is 8.70. The minimum atomic E-state index is -0.463. The summed E-state index contributed by atoms with van der Waals surface area (Å²) in [6, 6.07) is 2.85. The van der Waals surface area contributed by atoms with Crippen molar-refractivity contribution in [2.45, 2.75) is 31.4 Å². The summed E-state index contributed by atoms with van der Waals surface area (Å²) in [7, 11) is 0. The first-order chi connectivity index (χ1) is 7.65. The molecule has 0 saturated heterocycles. The van der Waals surface area contributed by atoms with Crippen LogP contribution in [-0.4, -0.2) is 22.1 Å². The lowest BCUT2D eigenvalue weighted by molar-refractivity contribution is -0.385. The standard InChI is InChI=1S/C10H13N3O3/c11-7-1-2-9(5-7)16-10-6-8(13(14)15)3-4-12-10/h3-4,6-7,9H,1-2,5,11H2. The topological polar surface area (TPSA) is 91.3 Å². The fourth-order valence-electron chi connectivity index (χ4n) is 1.83. The van der Waals surface area contributed by atoms with Crippen molar-refractivity contribution in [3.8, 4) is 5.88 Å². The van der Waals surface area contributed by atoms with Gasteiger partial charge in [-0.05, 0) is 19.3 Å². The van der Waals surface area contributed by atoms with E-state index in [4.69, 9.17) is 10.5 Å². The van der Waals surface area contributed by atoms with Crippen LogP contribution >= 0.6 is 0 Å². The van der Waals surface area contributed by atoms with Crippen molar-refractivity contribution in [3.05, 3.63) is 28.4 Å². The highest BCUT2D eigenvalue weighted by atomic mass is 16.6. The number of hydrogen-bond donors (Lipinski definition) is 1. The van der Waals surface area contributed by atoms with Crippen LogP contribution in [0.2, 0.25) is 0 Å². The normalized spacial score (nSPS) is 24.3. The molecule has 0 aliphatic heterocycles. The molecular formula is C10H13N3O3. The number of rotatable bonds is 3. The van der Waals surface area contributed by atoms with Crippen LogP contribution in [0.4, 0.5) is 5.69 Å². The maximum atomic E-state index is 10.5. The average molecular weight is 223 g/mol. The fraction of sp³-hybridized carbons (Fsp3) is 0.500. The first-order valence-corrected chi connectivity index (χ1v) is 5.18. The van der Waals surface area contributed by atoms with Gasteiger partial charge in [-0.3, -0.25) is 10.1 Å². The molecule has 1 aliphatic carbocycles. The molecule has 16 heavy (non-hydrogen) atoms. The monoisotopic (exact) mass is 223 g/mol. The van der Waals surface area contributed by atoms with Crippen molar-refractivity contribution >= 4 is 5.69 Å². The Kier molecular flexibility index (Phi) is 3.00. The quantitative estimate of drug-likeness (QED) is 0.615. The van der Waals surface area contributed by atoms with Crippen molar-refractivity contribution in [3.63, 3.8) is 0 Å². The van der Waals surface area contributed by atoms with Gasteiger partial charge in [-0.15, -0.1) is 0 Å². The summed E-state index contributed by atoms with van der Waals surface area (Å²) in [5, 5.41) is 10.5. The second-order valence-electron chi connectivity index (χ2n) is 3.92. The lowest BCUT2D eigenvalue weighted by atomic mass is 10.3. The van der Waals surface area contributed by atoms with Crippen LogP contribution in [0.1, 0.15) is 19.3 Å². The predicted molar refractivity (Wildman–Crippen MR) is 57.1 cm³/mol. The van der Waals surface area contributed by atoms with E-state index in [-0.39, 0.29) is 17.8 Å². The van der Waals surface area contributed by atoms with Gasteiger partial charge in [0.05, 0.1) is 11.0 Å². The Morgan fingerprint density at radius 2 is 2.38 bits per heavy atom. The summed E-state index contributed by atoms with van der Waals surface area (Å²) in [6.45, 7) is 0. The van der Waals surface area contributed by atoms with Crippen LogP contribution in [0.5, 0.6) is 5.88 Å². The first kappa shape index (κ1) is 10.8. The lowest BCUT2D eigenvalue weighted by Gasteiger charge is -2.11. The van der Waals surface area contributed by atoms with Crippen molar-refractivity contribution in [2.24, 2.45) is 5.73 Å². The molecule has 1 aromatic rings. The minimum absolute atomic E-state index is 0.00713. The maximum absolute atomic E-state index is 10.5. The van der Waals surface area contributed by atoms with Crippen LogP contribution in [0.3, 0.4) is 0 Å². The van der Waals surface area contributed by atoms with Crippen molar-refractivity contribution in [2.75, 3.05) is 0 Å². The number of nitrogens with two attached hydrogens (primary N) is 1. The molecule has 2 unspecified atom stereocenters. The number of hydrogen-bond acceptors (Lipinski definition) is 5. The molecule has 86 valence electrons. The molecule has 1 aromatic heterocycles. The van der Waals surface area contributed by atoms with Crippen LogP contribution in [-0.2, 0) is 0 Å². The SMILES string of the molecule is NC1CCC(Oc2cc([N+](=O)[O-])ccn2)C1. The number of nitrogens with zero attached hydrogens (tertiary/aromatic N) is 2. The summed E-state index contributed by atoms with van der Waals surface area (Å²) in [5.74, 6) is 0.299. The van der Waals surface area contributed by atoms with Crippen LogP contribution in [0.25, 0.3) is 0 Å². The van der Waals surface area contributed by atoms with E-state index < -0.39 is 4.92 Å². The molecule has 0 bridgehead atoms. The van der Waals surface area contributed by atoms with Gasteiger partial charge in [0.1, 0.15) is 6.10 Å². The minimum Gasteiger partial charge on any atom is -0.474 e. The van der Waals surface area contributed by atoms with Gasteiger partial charge < -0.3 is 10.5 Å². The van der Waals surface area contributed by atoms with E-state index in [1.165, 1.54) is 18.3 Å². The molecule has 6 nitrogen and oxygen atoms in total. The number of ether oxygens (including phenoxy) is 1. The summed E-state index contributed by atoms with van der Waals surface area (Å²) in [6.07, 6.45) is 4.00. The lowest BCUT2D eigenvalue weighted by Crippen LogP contribution is -2.19. The number of pyridine rings is 1. The Hall–Kier alpha value is -1.69. The molecule has 2 atom stereocenters. The van der Waals surface area contributed by atoms with Crippen molar-refractivity contribution in [1.82, 2.24) is 4.98 Å². The molecule has 1 fully saturated rings. The van der Waals surface area contributed by atoms with Crippen molar-refractivity contribution < 1.29 is 9.66 Å². The molecule has 1 aliphatic rings. The Morgan fingerprint density at radius 1 is 1.56 bits per heavy atom. The third kappa shape index (κ3) is 2.46. The van der Waals surface area contributed by atoms with Gasteiger partial charge in [0.2, 0.25) is 5.88 Å². The van der Waals surface area contributed by atoms with Gasteiger partial charge in [-0.25, -0.2) is 4.98 Å². The Bertz CT molecular complexity index is 397. The zero-order chi connectivity index (χ0) is 11.5. The second kappa shape index (κ2) is 4.44. The van der Waals surface area contributed by atoms with Gasteiger partial charge in [0.15, 0.2) is 0 Å². The van der Waals surface area contributed by atoms with Crippen LogP contribution in [0, 0.1) is 10.1 Å². The first-order valence-electron chi connectivity index (χ1n) is 5.18. The smallest absolute Gasteiger partial charge is 0.276 e. The van der Waals surface area contributed by atoms with E-state index in [0.29, 0.717) is 5.88 Å². The molecule has 0 amide bonds. The van der Waals surface area contributed by atoms with Gasteiger partial charge in [-0.2, -0.15) is 0 Å². The van der Waals surface area contributed by atoms with Gasteiger partial charge in [0.25, 0.3) is 5.69 Å². The third-order valence-electron chi connectivity index (χ3n) is 2.64. The van der Waals surface area contributed by atoms with Crippen LogP contribution < -0.4 is 10.5 Å². The van der Waals surface area contributed by atoms with E-state index in [1.54, 1.807) is 0 Å². The van der Waals surface area contributed by atoms with Crippen molar-refractivity contribution in [1.29, 1.82) is 0 Å². The summed E-state index contributed by atoms with van der Waals surface area (Å²) in [4.78, 5) is 14.0. The Labute approximate surface area is 92.6 Å². The Balaban J connectivity index is 2.04. The second-order valence-corrected chi connectivity index (χ2v) is 3.92. The molecule has 2 N–H and O–H groups in total. The largest absolute Gasteiger partial charge is 0.474 e. The van der Waals surface area contributed by atoms with Gasteiger partial charge >= 0.3 is 0 Å². The molecule has 6 heteroatoms. The van der Waals surface area contributed by atoms with Crippen LogP contribution in [0.15, 0.2) is 18.3 Å². The molecule has 1 saturated carbocycles. The molecule has 1 heterocycles. The highest BCUT2D eigenvalue weighted by Gasteiger charge is 2.24. The predicted octanol–water partition coefficient (Wildman–Crippen LogP) is 1.25. The average Bonchev–Trinajstić information content (AvgIpc) is 2.64. The maximum Gasteiger partial charge on any atom is 0.276 e. The molecular weight excluding hydrogens is 210 g/mol. The summed E-state index contributed by atoms with van der Waals surface area (Å²) >= 11 is 0. The molecule has 0 aromatic carbocycles. The van der Waals surface area contributed by atoms with E-state index in [2.05, 4.69) is 4.98 Å². The fourth-order valence-corrected chi connectivity index (χ4v) is 1.83. The molecule has 0 radical (unpaired) electrons. The molecule has 0 spiro atoms. The zero-order valence-electron chi connectivity index (χ0n) is 8.70. The van der Waals surface area contributed by atoms with E-state index in [9.17, 15) is 10.1 Å². The summed E-state index contributed by atoms with van der Waals surface area (Å²) < 4.78 is 5.54. The van der Waals surface area contributed by atoms with E-state index >= 15 is 0 Å². The van der Waals surface area contributed by atoms with E-state index in [0.717, 1.165) is 19.3 Å². The number of aromatic nitrogens is 1. The summed E-state index contributed by atoms with van der Waals surface area (Å²) in [5.41, 5.74) is 5.74. The Morgan fingerprint density at radius 3 is 3.00 bits per heavy atom. The number of nitro groups is 1.